The molecule has 0 bridgehead atoms. The SMILES string of the molecule is COCCOC(=O)Oc1ccc(C(C)(C)c2ccc(C)cc2)cc1. The second-order valence-electron chi connectivity index (χ2n) is 6.21. The molecule has 0 saturated heterocycles. The molecular formula is C20H24O4. The van der Waals surface area contributed by atoms with E-state index in [1.54, 1.807) is 19.2 Å². The molecular weight excluding hydrogens is 304 g/mol. The third-order valence-electron chi connectivity index (χ3n) is 4.06. The molecule has 0 amide bonds. The van der Waals surface area contributed by atoms with Crippen LogP contribution in [-0.4, -0.2) is 26.5 Å². The van der Waals surface area contributed by atoms with Crippen LogP contribution in [0.1, 0.15) is 30.5 Å². The van der Waals surface area contributed by atoms with Crippen molar-refractivity contribution < 1.29 is 19.0 Å². The van der Waals surface area contributed by atoms with Crippen molar-refractivity contribution in [3.8, 4) is 5.75 Å². The van der Waals surface area contributed by atoms with Crippen molar-refractivity contribution in [1.82, 2.24) is 0 Å². The van der Waals surface area contributed by atoms with Crippen LogP contribution < -0.4 is 4.74 Å². The highest BCUT2D eigenvalue weighted by atomic mass is 16.7. The van der Waals surface area contributed by atoms with Crippen LogP contribution in [0.15, 0.2) is 48.5 Å². The maximum Gasteiger partial charge on any atom is 0.513 e. The van der Waals surface area contributed by atoms with E-state index in [0.29, 0.717) is 12.4 Å². The molecule has 0 spiro atoms. The number of ether oxygens (including phenoxy) is 3. The summed E-state index contributed by atoms with van der Waals surface area (Å²) in [6.07, 6.45) is -0.724. The van der Waals surface area contributed by atoms with Gasteiger partial charge in [-0.15, -0.1) is 0 Å². The second kappa shape index (κ2) is 7.97. The molecule has 24 heavy (non-hydrogen) atoms. The van der Waals surface area contributed by atoms with Gasteiger partial charge in [-0.1, -0.05) is 55.8 Å². The Morgan fingerprint density at radius 1 is 0.917 bits per heavy atom. The fourth-order valence-corrected chi connectivity index (χ4v) is 2.41. The number of hydrogen-bond donors (Lipinski definition) is 0. The molecule has 4 nitrogen and oxygen atoms in total. The van der Waals surface area contributed by atoms with Gasteiger partial charge in [-0.2, -0.15) is 0 Å². The maximum absolute atomic E-state index is 11.5. The predicted molar refractivity (Wildman–Crippen MR) is 93.6 cm³/mol. The van der Waals surface area contributed by atoms with Crippen LogP contribution in [0.2, 0.25) is 0 Å². The fraction of sp³-hybridized carbons (Fsp3) is 0.350. The second-order valence-corrected chi connectivity index (χ2v) is 6.21. The molecule has 2 aromatic rings. The average Bonchev–Trinajstić information content (AvgIpc) is 2.56. The summed E-state index contributed by atoms with van der Waals surface area (Å²) in [6, 6.07) is 16.0. The summed E-state index contributed by atoms with van der Waals surface area (Å²) in [5.74, 6) is 0.459. The molecule has 2 rings (SSSR count). The van der Waals surface area contributed by atoms with Gasteiger partial charge in [0.05, 0.1) is 6.61 Å². The van der Waals surface area contributed by atoms with Gasteiger partial charge in [-0.3, -0.25) is 0 Å². The van der Waals surface area contributed by atoms with Gasteiger partial charge in [0.2, 0.25) is 0 Å². The smallest absolute Gasteiger partial charge is 0.432 e. The lowest BCUT2D eigenvalue weighted by Crippen LogP contribution is -2.19. The van der Waals surface area contributed by atoms with E-state index in [1.807, 2.05) is 12.1 Å². The number of carbonyl (C=O) groups excluding carboxylic acids is 1. The first kappa shape index (κ1) is 18.0. The zero-order chi connectivity index (χ0) is 17.6. The van der Waals surface area contributed by atoms with E-state index in [1.165, 1.54) is 11.1 Å². The van der Waals surface area contributed by atoms with E-state index in [-0.39, 0.29) is 12.0 Å². The Balaban J connectivity index is 2.05. The van der Waals surface area contributed by atoms with Crippen LogP contribution in [0.3, 0.4) is 0 Å². The Morgan fingerprint density at radius 2 is 1.46 bits per heavy atom. The Hall–Kier alpha value is -2.33. The van der Waals surface area contributed by atoms with Crippen LogP contribution >= 0.6 is 0 Å². The van der Waals surface area contributed by atoms with Crippen molar-refractivity contribution in [2.45, 2.75) is 26.2 Å². The molecule has 4 heteroatoms. The van der Waals surface area contributed by atoms with Crippen molar-refractivity contribution in [3.05, 3.63) is 65.2 Å². The lowest BCUT2D eigenvalue weighted by atomic mass is 9.78. The first-order valence-corrected chi connectivity index (χ1v) is 7.94. The van der Waals surface area contributed by atoms with Crippen LogP contribution in [-0.2, 0) is 14.9 Å². The molecule has 0 fully saturated rings. The average molecular weight is 328 g/mol. The Morgan fingerprint density at radius 3 is 2.00 bits per heavy atom. The monoisotopic (exact) mass is 328 g/mol. The highest BCUT2D eigenvalue weighted by Crippen LogP contribution is 2.32. The highest BCUT2D eigenvalue weighted by Gasteiger charge is 2.23. The lowest BCUT2D eigenvalue weighted by Gasteiger charge is -2.26. The number of hydrogen-bond acceptors (Lipinski definition) is 4. The van der Waals surface area contributed by atoms with Crippen LogP contribution in [0.4, 0.5) is 4.79 Å². The summed E-state index contributed by atoms with van der Waals surface area (Å²) in [7, 11) is 1.54. The van der Waals surface area contributed by atoms with Gasteiger partial charge in [0.15, 0.2) is 0 Å². The Labute approximate surface area is 143 Å². The van der Waals surface area contributed by atoms with E-state index in [2.05, 4.69) is 45.0 Å². The van der Waals surface area contributed by atoms with Crippen LogP contribution in [0.5, 0.6) is 5.75 Å². The molecule has 0 aliphatic carbocycles. The zero-order valence-corrected chi connectivity index (χ0v) is 14.7. The summed E-state index contributed by atoms with van der Waals surface area (Å²) >= 11 is 0. The standard InChI is InChI=1S/C20H24O4/c1-15-5-7-16(8-6-15)20(2,3)17-9-11-18(12-10-17)24-19(21)23-14-13-22-4/h5-12H,13-14H2,1-4H3. The van der Waals surface area contributed by atoms with Crippen molar-refractivity contribution >= 4 is 6.16 Å². The topological polar surface area (TPSA) is 44.8 Å². The minimum absolute atomic E-state index is 0.134. The summed E-state index contributed by atoms with van der Waals surface area (Å²) in [4.78, 5) is 11.5. The Bertz CT molecular complexity index is 657. The quantitative estimate of drug-likeness (QED) is 0.445. The Kier molecular flexibility index (Phi) is 5.99. The molecule has 0 heterocycles. The van der Waals surface area contributed by atoms with E-state index >= 15 is 0 Å². The number of aryl methyl sites for hydroxylation is 1. The molecule has 0 aliphatic rings. The third-order valence-corrected chi connectivity index (χ3v) is 4.06. The van der Waals surface area contributed by atoms with Crippen molar-refractivity contribution in [1.29, 1.82) is 0 Å². The zero-order valence-electron chi connectivity index (χ0n) is 14.7. The maximum atomic E-state index is 11.5. The minimum Gasteiger partial charge on any atom is -0.432 e. The van der Waals surface area contributed by atoms with Crippen molar-refractivity contribution in [2.75, 3.05) is 20.3 Å². The van der Waals surface area contributed by atoms with Crippen molar-refractivity contribution in [2.24, 2.45) is 0 Å². The van der Waals surface area contributed by atoms with E-state index < -0.39 is 6.16 Å². The minimum atomic E-state index is -0.724. The molecule has 0 radical (unpaired) electrons. The van der Waals surface area contributed by atoms with Gasteiger partial charge in [-0.05, 0) is 30.2 Å². The summed E-state index contributed by atoms with van der Waals surface area (Å²) in [6.45, 7) is 6.94. The van der Waals surface area contributed by atoms with Crippen LogP contribution in [0, 0.1) is 6.92 Å². The number of benzene rings is 2. The van der Waals surface area contributed by atoms with Crippen LogP contribution in [0.25, 0.3) is 0 Å². The first-order chi connectivity index (χ1) is 11.4. The fourth-order valence-electron chi connectivity index (χ4n) is 2.41. The third kappa shape index (κ3) is 4.59. The number of rotatable bonds is 6. The number of methoxy groups -OCH3 is 1. The van der Waals surface area contributed by atoms with E-state index in [0.717, 1.165) is 5.56 Å². The molecule has 0 aliphatic heterocycles. The van der Waals surface area contributed by atoms with Gasteiger partial charge in [-0.25, -0.2) is 4.79 Å². The molecule has 0 saturated carbocycles. The van der Waals surface area contributed by atoms with Gasteiger partial charge < -0.3 is 14.2 Å². The van der Waals surface area contributed by atoms with Crippen molar-refractivity contribution in [3.63, 3.8) is 0 Å². The normalized spacial score (nSPS) is 11.2. The summed E-state index contributed by atoms with van der Waals surface area (Å²) < 4.78 is 14.8. The molecule has 0 N–H and O–H groups in total. The van der Waals surface area contributed by atoms with E-state index in [4.69, 9.17) is 14.2 Å². The molecule has 0 aromatic heterocycles. The number of carbonyl (C=O) groups is 1. The molecule has 2 aromatic carbocycles. The van der Waals surface area contributed by atoms with Gasteiger partial charge >= 0.3 is 6.16 Å². The van der Waals surface area contributed by atoms with Gasteiger partial charge in [0, 0.05) is 12.5 Å². The summed E-state index contributed by atoms with van der Waals surface area (Å²) in [5.41, 5.74) is 3.49. The van der Waals surface area contributed by atoms with Gasteiger partial charge in [0.25, 0.3) is 0 Å². The molecule has 0 atom stereocenters. The summed E-state index contributed by atoms with van der Waals surface area (Å²) in [5, 5.41) is 0. The predicted octanol–water partition coefficient (Wildman–Crippen LogP) is 4.48. The lowest BCUT2D eigenvalue weighted by molar-refractivity contribution is 0.0685. The molecule has 0 unspecified atom stereocenters. The largest absolute Gasteiger partial charge is 0.513 e. The first-order valence-electron chi connectivity index (χ1n) is 7.94. The highest BCUT2D eigenvalue weighted by molar-refractivity contribution is 5.63. The van der Waals surface area contributed by atoms with E-state index in [9.17, 15) is 4.79 Å². The van der Waals surface area contributed by atoms with Gasteiger partial charge in [0.1, 0.15) is 12.4 Å². The molecule has 128 valence electrons.